The van der Waals surface area contributed by atoms with Gasteiger partial charge in [0.15, 0.2) is 5.13 Å². The van der Waals surface area contributed by atoms with Crippen molar-refractivity contribution in [3.05, 3.63) is 35.2 Å². The van der Waals surface area contributed by atoms with Gasteiger partial charge in [-0.3, -0.25) is 10.1 Å². The maximum atomic E-state index is 12.4. The molecule has 2 N–H and O–H groups in total. The average molecular weight is 334 g/mol. The number of hydrogen-bond acceptors (Lipinski definition) is 5. The minimum absolute atomic E-state index is 0.163. The summed E-state index contributed by atoms with van der Waals surface area (Å²) in [6.45, 7) is 2.76. The molecule has 3 heterocycles. The lowest BCUT2D eigenvalue weighted by molar-refractivity contribution is -0.124. The average Bonchev–Trinajstić information content (AvgIpc) is 3.26. The summed E-state index contributed by atoms with van der Waals surface area (Å²) >= 11 is 1.37. The van der Waals surface area contributed by atoms with E-state index < -0.39 is 6.04 Å². The maximum absolute atomic E-state index is 12.4. The van der Waals surface area contributed by atoms with Crippen molar-refractivity contribution in [1.82, 2.24) is 15.2 Å². The molecule has 3 amide bonds. The monoisotopic (exact) mass is 334 g/mol. The van der Waals surface area contributed by atoms with E-state index in [0.717, 1.165) is 12.1 Å². The van der Waals surface area contributed by atoms with E-state index in [1.807, 2.05) is 12.3 Å². The molecule has 0 aromatic carbocycles. The number of rotatable bonds is 4. The number of likely N-dealkylation sites (tertiary alicyclic amines) is 1. The van der Waals surface area contributed by atoms with Gasteiger partial charge in [-0.05, 0) is 31.9 Å². The van der Waals surface area contributed by atoms with Crippen LogP contribution in [0.1, 0.15) is 24.3 Å². The highest BCUT2D eigenvalue weighted by Crippen LogP contribution is 2.21. The largest absolute Gasteiger partial charge is 0.467 e. The Balaban J connectivity index is 1.58. The Hall–Kier alpha value is -2.35. The summed E-state index contributed by atoms with van der Waals surface area (Å²) in [5, 5.41) is 7.99. The van der Waals surface area contributed by atoms with Crippen molar-refractivity contribution in [2.24, 2.45) is 0 Å². The quantitative estimate of drug-likeness (QED) is 0.898. The molecule has 23 heavy (non-hydrogen) atoms. The van der Waals surface area contributed by atoms with Gasteiger partial charge in [-0.2, -0.15) is 0 Å². The van der Waals surface area contributed by atoms with Gasteiger partial charge in [-0.15, -0.1) is 11.3 Å². The Morgan fingerprint density at radius 2 is 2.39 bits per heavy atom. The van der Waals surface area contributed by atoms with Crippen LogP contribution in [-0.4, -0.2) is 34.4 Å². The summed E-state index contributed by atoms with van der Waals surface area (Å²) in [4.78, 5) is 30.5. The number of amides is 3. The van der Waals surface area contributed by atoms with E-state index in [1.54, 1.807) is 23.3 Å². The summed E-state index contributed by atoms with van der Waals surface area (Å²) in [5.41, 5.74) is 0.861. The lowest BCUT2D eigenvalue weighted by atomic mass is 10.2. The smallest absolute Gasteiger partial charge is 0.324 e. The van der Waals surface area contributed by atoms with E-state index in [4.69, 9.17) is 4.42 Å². The van der Waals surface area contributed by atoms with Gasteiger partial charge in [0.1, 0.15) is 11.8 Å². The topological polar surface area (TPSA) is 87.5 Å². The van der Waals surface area contributed by atoms with E-state index in [1.165, 1.54) is 11.3 Å². The first-order chi connectivity index (χ1) is 11.1. The second kappa shape index (κ2) is 6.82. The molecule has 3 rings (SSSR count). The summed E-state index contributed by atoms with van der Waals surface area (Å²) in [7, 11) is 0. The molecule has 1 atom stereocenters. The molecule has 122 valence electrons. The van der Waals surface area contributed by atoms with Crippen molar-refractivity contribution in [2.45, 2.75) is 32.4 Å². The van der Waals surface area contributed by atoms with Crippen LogP contribution in [0.25, 0.3) is 0 Å². The Labute approximate surface area is 137 Å². The first-order valence-corrected chi connectivity index (χ1v) is 8.31. The normalized spacial score (nSPS) is 17.3. The number of carbonyl (C=O) groups is 2. The second-order valence-electron chi connectivity index (χ2n) is 5.37. The third kappa shape index (κ3) is 3.70. The molecule has 0 spiro atoms. The zero-order chi connectivity index (χ0) is 16.2. The molecule has 0 radical (unpaired) electrons. The highest BCUT2D eigenvalue weighted by Gasteiger charge is 2.34. The molecule has 0 saturated carbocycles. The summed E-state index contributed by atoms with van der Waals surface area (Å²) in [6, 6.07) is 2.83. The third-order valence-electron chi connectivity index (χ3n) is 3.67. The summed E-state index contributed by atoms with van der Waals surface area (Å²) in [6.07, 6.45) is 3.03. The summed E-state index contributed by atoms with van der Waals surface area (Å²) in [5.74, 6) is 0.523. The molecule has 1 aliphatic rings. The number of aromatic nitrogens is 1. The highest BCUT2D eigenvalue weighted by molar-refractivity contribution is 7.13. The van der Waals surface area contributed by atoms with Gasteiger partial charge in [0.2, 0.25) is 5.91 Å². The Morgan fingerprint density at radius 3 is 3.09 bits per heavy atom. The van der Waals surface area contributed by atoms with Crippen LogP contribution in [0, 0.1) is 6.92 Å². The number of aryl methyl sites for hydroxylation is 1. The molecule has 2 aromatic rings. The van der Waals surface area contributed by atoms with E-state index in [9.17, 15) is 9.59 Å². The fourth-order valence-electron chi connectivity index (χ4n) is 2.56. The van der Waals surface area contributed by atoms with Crippen molar-refractivity contribution in [2.75, 3.05) is 11.9 Å². The molecule has 1 aliphatic heterocycles. The predicted molar refractivity (Wildman–Crippen MR) is 86.2 cm³/mol. The minimum Gasteiger partial charge on any atom is -0.467 e. The van der Waals surface area contributed by atoms with Crippen LogP contribution in [0.5, 0.6) is 0 Å². The lowest BCUT2D eigenvalue weighted by Gasteiger charge is -2.23. The molecule has 1 fully saturated rings. The van der Waals surface area contributed by atoms with Gasteiger partial charge < -0.3 is 14.6 Å². The van der Waals surface area contributed by atoms with Crippen LogP contribution in [-0.2, 0) is 11.3 Å². The number of nitrogens with zero attached hydrogens (tertiary/aromatic N) is 2. The highest BCUT2D eigenvalue weighted by atomic mass is 32.1. The van der Waals surface area contributed by atoms with Crippen LogP contribution in [0.15, 0.2) is 28.2 Å². The van der Waals surface area contributed by atoms with Crippen molar-refractivity contribution < 1.29 is 14.0 Å². The SMILES string of the molecule is Cc1csc(NC(=O)N2CCC[C@@H]2C(=O)NCc2ccco2)n1. The van der Waals surface area contributed by atoms with Gasteiger partial charge in [0.05, 0.1) is 18.5 Å². The minimum atomic E-state index is -0.453. The van der Waals surface area contributed by atoms with Gasteiger partial charge in [-0.1, -0.05) is 0 Å². The van der Waals surface area contributed by atoms with Gasteiger partial charge in [0, 0.05) is 11.9 Å². The standard InChI is InChI=1S/C15H18N4O3S/c1-10-9-23-14(17-10)18-15(21)19-6-2-5-12(19)13(20)16-8-11-4-3-7-22-11/h3-4,7,9,12H,2,5-6,8H2,1H3,(H,16,20)(H,17,18,21)/t12-/m1/s1. The molecular weight excluding hydrogens is 316 g/mol. The fourth-order valence-corrected chi connectivity index (χ4v) is 3.24. The Morgan fingerprint density at radius 1 is 1.52 bits per heavy atom. The molecule has 7 nitrogen and oxygen atoms in total. The maximum Gasteiger partial charge on any atom is 0.324 e. The van der Waals surface area contributed by atoms with Crippen LogP contribution in [0.2, 0.25) is 0 Å². The van der Waals surface area contributed by atoms with Gasteiger partial charge in [-0.25, -0.2) is 9.78 Å². The van der Waals surface area contributed by atoms with Crippen molar-refractivity contribution in [1.29, 1.82) is 0 Å². The van der Waals surface area contributed by atoms with Crippen LogP contribution in [0.4, 0.5) is 9.93 Å². The van der Waals surface area contributed by atoms with E-state index in [0.29, 0.717) is 30.4 Å². The summed E-state index contributed by atoms with van der Waals surface area (Å²) < 4.78 is 5.19. The van der Waals surface area contributed by atoms with Crippen molar-refractivity contribution in [3.63, 3.8) is 0 Å². The molecule has 1 saturated heterocycles. The zero-order valence-electron chi connectivity index (χ0n) is 12.7. The predicted octanol–water partition coefficient (Wildman–Crippen LogP) is 2.36. The lowest BCUT2D eigenvalue weighted by Crippen LogP contribution is -2.47. The number of thiazole rings is 1. The van der Waals surface area contributed by atoms with Crippen molar-refractivity contribution >= 4 is 28.4 Å². The molecule has 0 aliphatic carbocycles. The van der Waals surface area contributed by atoms with Crippen molar-refractivity contribution in [3.8, 4) is 0 Å². The number of carbonyl (C=O) groups excluding carboxylic acids is 2. The van der Waals surface area contributed by atoms with E-state index in [2.05, 4.69) is 15.6 Å². The van der Waals surface area contributed by atoms with Crippen LogP contribution in [0.3, 0.4) is 0 Å². The molecule has 0 unspecified atom stereocenters. The first-order valence-electron chi connectivity index (χ1n) is 7.43. The number of hydrogen-bond donors (Lipinski definition) is 2. The molecule has 8 heteroatoms. The second-order valence-corrected chi connectivity index (χ2v) is 6.23. The van der Waals surface area contributed by atoms with Gasteiger partial charge in [0.25, 0.3) is 0 Å². The van der Waals surface area contributed by atoms with E-state index >= 15 is 0 Å². The van der Waals surface area contributed by atoms with Gasteiger partial charge >= 0.3 is 6.03 Å². The fraction of sp³-hybridized carbons (Fsp3) is 0.400. The Bertz CT molecular complexity index is 683. The number of furan rings is 1. The molecular formula is C15H18N4O3S. The first kappa shape index (κ1) is 15.5. The Kier molecular flexibility index (Phi) is 4.61. The van der Waals surface area contributed by atoms with Crippen LogP contribution < -0.4 is 10.6 Å². The number of urea groups is 1. The molecule has 2 aromatic heterocycles. The number of nitrogens with one attached hydrogen (secondary N) is 2. The molecule has 0 bridgehead atoms. The third-order valence-corrected chi connectivity index (χ3v) is 4.54. The van der Waals surface area contributed by atoms with E-state index in [-0.39, 0.29) is 11.9 Å². The van der Waals surface area contributed by atoms with Crippen LogP contribution >= 0.6 is 11.3 Å². The number of anilines is 1. The zero-order valence-corrected chi connectivity index (χ0v) is 13.6.